The van der Waals surface area contributed by atoms with E-state index in [9.17, 15) is 29.4 Å². The van der Waals surface area contributed by atoms with Gasteiger partial charge in [-0.05, 0) is 159 Å². The highest BCUT2D eigenvalue weighted by Gasteiger charge is 2.49. The molecule has 10 nitrogen and oxygen atoms in total. The predicted octanol–water partition coefficient (Wildman–Crippen LogP) is 8.37. The second-order valence-corrected chi connectivity index (χ2v) is 17.2. The maximum atomic E-state index is 14.1. The Bertz CT molecular complexity index is 2000. The van der Waals surface area contributed by atoms with Crippen LogP contribution in [0.25, 0.3) is 12.2 Å². The van der Waals surface area contributed by atoms with Gasteiger partial charge in [-0.15, -0.1) is 0 Å². The molecule has 4 aromatic carbocycles. The molecule has 2 saturated carbocycles. The smallest absolute Gasteiger partial charge is 0.314 e. The van der Waals surface area contributed by atoms with Crippen molar-refractivity contribution in [2.45, 2.75) is 90.3 Å². The summed E-state index contributed by atoms with van der Waals surface area (Å²) in [7, 11) is 0. The van der Waals surface area contributed by atoms with Crippen LogP contribution in [-0.4, -0.2) is 45.9 Å². The molecule has 0 aromatic heterocycles. The summed E-state index contributed by atoms with van der Waals surface area (Å²) in [4.78, 5) is 53.7. The quantitative estimate of drug-likeness (QED) is 0.0371. The molecule has 2 aliphatic rings. The predicted molar refractivity (Wildman–Crippen MR) is 238 cm³/mol. The van der Waals surface area contributed by atoms with Gasteiger partial charge in [-0.3, -0.25) is 19.2 Å². The number of rotatable bonds is 16. The molecule has 61 heavy (non-hydrogen) atoms. The number of nitrogen functional groups attached to an aromatic ring is 2. The number of benzene rings is 4. The van der Waals surface area contributed by atoms with E-state index in [0.717, 1.165) is 51.4 Å². The number of anilines is 2. The minimum absolute atomic E-state index is 0.0703. The lowest BCUT2D eigenvalue weighted by atomic mass is 9.66. The highest BCUT2D eigenvalue weighted by Crippen LogP contribution is 2.38. The van der Waals surface area contributed by atoms with Crippen molar-refractivity contribution in [3.05, 3.63) is 131 Å². The van der Waals surface area contributed by atoms with Crippen LogP contribution in [0, 0.1) is 29.1 Å². The van der Waals surface area contributed by atoms with Gasteiger partial charge in [-0.2, -0.15) is 0 Å². The van der Waals surface area contributed by atoms with Crippen molar-refractivity contribution in [2.24, 2.45) is 29.1 Å². The molecule has 0 heterocycles. The Kier molecular flexibility index (Phi) is 15.1. The fourth-order valence-electron chi connectivity index (χ4n) is 8.42. The molecule has 0 radical (unpaired) electrons. The fraction of sp³-hybridized carbons (Fsp3) is 0.373. The van der Waals surface area contributed by atoms with E-state index >= 15 is 0 Å². The molecular weight excluding hydrogens is 769 g/mol. The van der Waals surface area contributed by atoms with Crippen LogP contribution >= 0.6 is 0 Å². The molecule has 0 bridgehead atoms. The summed E-state index contributed by atoms with van der Waals surface area (Å²) >= 11 is 0. The van der Waals surface area contributed by atoms with Crippen LogP contribution in [0.15, 0.2) is 109 Å². The summed E-state index contributed by atoms with van der Waals surface area (Å²) in [5, 5.41) is 24.3. The Morgan fingerprint density at radius 3 is 1.21 bits per heavy atom. The number of hydrogen-bond donors (Lipinski definition) is 4. The number of carbonyl (C=O) groups excluding carboxylic acids is 4. The Labute approximate surface area is 358 Å². The van der Waals surface area contributed by atoms with Gasteiger partial charge in [0.1, 0.15) is 23.7 Å². The maximum Gasteiger partial charge on any atom is 0.314 e. The van der Waals surface area contributed by atoms with Crippen molar-refractivity contribution in [3.8, 4) is 11.5 Å². The molecule has 0 aliphatic heterocycles. The standard InChI is InChI=1S/C51H58N2O8/c1-33-3-17-39(18-4-33)49(58)60-43-25-11-35(12-26-43)15-29-45(54)47(56)51(31-37-7-21-41(52)22-8-37,32-38-9-23-42(53)24-10-38)48(57)46(55)30-16-36-13-27-44(28-14-36)61-50(59)40-19-5-34(2)6-20-40/h7-16,21-30,33-34,39-40,47-48,56-57H,3-6,17-20,31-32,52-53H2,1-2H3/b29-15+,30-16+. The summed E-state index contributed by atoms with van der Waals surface area (Å²) in [6.07, 6.45) is 8.92. The summed E-state index contributed by atoms with van der Waals surface area (Å²) in [5.41, 5.74) is 13.7. The number of carbonyl (C=O) groups is 4. The summed E-state index contributed by atoms with van der Waals surface area (Å²) in [6, 6.07) is 27.1. The number of hydrogen-bond acceptors (Lipinski definition) is 10. The molecule has 320 valence electrons. The largest absolute Gasteiger partial charge is 0.426 e. The zero-order valence-electron chi connectivity index (χ0n) is 35.1. The Morgan fingerprint density at radius 1 is 0.557 bits per heavy atom. The van der Waals surface area contributed by atoms with Gasteiger partial charge in [0.05, 0.1) is 11.8 Å². The number of ether oxygens (including phenoxy) is 2. The number of aliphatic hydroxyl groups is 2. The first-order valence-corrected chi connectivity index (χ1v) is 21.4. The fourth-order valence-corrected chi connectivity index (χ4v) is 8.42. The Hall–Kier alpha value is -5.84. The average Bonchev–Trinajstić information content (AvgIpc) is 3.26. The molecule has 6 rings (SSSR count). The van der Waals surface area contributed by atoms with E-state index in [1.54, 1.807) is 97.1 Å². The first kappa shape index (κ1) is 44.7. The van der Waals surface area contributed by atoms with Gasteiger partial charge in [-0.25, -0.2) is 0 Å². The number of nitrogens with two attached hydrogens (primary N) is 2. The van der Waals surface area contributed by atoms with Crippen molar-refractivity contribution < 1.29 is 38.9 Å². The SMILES string of the molecule is CC1CCC(C(=O)Oc2ccc(/C=C/C(=O)C(O)C(Cc3ccc(N)cc3)(Cc3ccc(N)cc3)C(O)C(=O)/C=C/c3ccc(OC(=O)C4CCC(C)CC4)cc3)cc2)CC1. The van der Waals surface area contributed by atoms with Gasteiger partial charge >= 0.3 is 11.9 Å². The number of aliphatic hydroxyl groups excluding tert-OH is 2. The highest BCUT2D eigenvalue weighted by molar-refractivity contribution is 6.01. The van der Waals surface area contributed by atoms with Crippen molar-refractivity contribution in [1.82, 2.24) is 0 Å². The summed E-state index contributed by atoms with van der Waals surface area (Å²) < 4.78 is 11.3. The molecule has 2 atom stereocenters. The molecule has 0 spiro atoms. The monoisotopic (exact) mass is 826 g/mol. The Balaban J connectivity index is 1.22. The first-order chi connectivity index (χ1) is 29.3. The first-order valence-electron chi connectivity index (χ1n) is 21.4. The lowest BCUT2D eigenvalue weighted by Crippen LogP contribution is -2.54. The van der Waals surface area contributed by atoms with Crippen LogP contribution < -0.4 is 20.9 Å². The average molecular weight is 827 g/mol. The molecule has 10 heteroatoms. The van der Waals surface area contributed by atoms with E-state index < -0.39 is 29.2 Å². The summed E-state index contributed by atoms with van der Waals surface area (Å²) in [5.74, 6) is -0.140. The van der Waals surface area contributed by atoms with Crippen molar-refractivity contribution in [3.63, 3.8) is 0 Å². The van der Waals surface area contributed by atoms with Crippen LogP contribution in [0.5, 0.6) is 11.5 Å². The van der Waals surface area contributed by atoms with Gasteiger partial charge in [0.25, 0.3) is 0 Å². The van der Waals surface area contributed by atoms with Crippen molar-refractivity contribution in [2.75, 3.05) is 11.5 Å². The van der Waals surface area contributed by atoms with E-state index in [0.29, 0.717) is 57.0 Å². The van der Waals surface area contributed by atoms with Crippen LogP contribution in [-0.2, 0) is 32.0 Å². The molecular formula is C51H58N2O8. The minimum Gasteiger partial charge on any atom is -0.426 e. The number of esters is 2. The third-order valence-electron chi connectivity index (χ3n) is 12.4. The molecule has 2 fully saturated rings. The lowest BCUT2D eigenvalue weighted by Gasteiger charge is -2.40. The van der Waals surface area contributed by atoms with E-state index in [4.69, 9.17) is 20.9 Å². The van der Waals surface area contributed by atoms with Gasteiger partial charge < -0.3 is 31.2 Å². The third-order valence-corrected chi connectivity index (χ3v) is 12.4. The molecule has 2 unspecified atom stereocenters. The third kappa shape index (κ3) is 12.1. The summed E-state index contributed by atoms with van der Waals surface area (Å²) in [6.45, 7) is 4.39. The normalized spacial score (nSPS) is 20.5. The zero-order chi connectivity index (χ0) is 43.5. The van der Waals surface area contributed by atoms with Crippen LogP contribution in [0.3, 0.4) is 0 Å². The van der Waals surface area contributed by atoms with Crippen LogP contribution in [0.2, 0.25) is 0 Å². The maximum absolute atomic E-state index is 14.1. The van der Waals surface area contributed by atoms with E-state index in [-0.39, 0.29) is 36.6 Å². The molecule has 4 aromatic rings. The van der Waals surface area contributed by atoms with Gasteiger partial charge in [0.15, 0.2) is 11.6 Å². The molecule has 2 aliphatic carbocycles. The Morgan fingerprint density at radius 2 is 0.885 bits per heavy atom. The number of ketones is 2. The van der Waals surface area contributed by atoms with Crippen molar-refractivity contribution in [1.29, 1.82) is 0 Å². The van der Waals surface area contributed by atoms with E-state index in [1.807, 2.05) is 0 Å². The topological polar surface area (TPSA) is 179 Å². The lowest BCUT2D eigenvalue weighted by molar-refractivity contribution is -0.146. The van der Waals surface area contributed by atoms with Crippen LogP contribution in [0.4, 0.5) is 11.4 Å². The second-order valence-electron chi connectivity index (χ2n) is 17.2. The van der Waals surface area contributed by atoms with Crippen LogP contribution in [0.1, 0.15) is 87.5 Å². The van der Waals surface area contributed by atoms with E-state index in [1.165, 1.54) is 24.3 Å². The highest BCUT2D eigenvalue weighted by atomic mass is 16.5. The van der Waals surface area contributed by atoms with Gasteiger partial charge in [-0.1, -0.05) is 74.5 Å². The zero-order valence-corrected chi connectivity index (χ0v) is 35.1. The van der Waals surface area contributed by atoms with Gasteiger partial charge in [0.2, 0.25) is 0 Å². The second kappa shape index (κ2) is 20.6. The van der Waals surface area contributed by atoms with E-state index in [2.05, 4.69) is 13.8 Å². The molecule has 6 N–H and O–H groups in total. The molecule has 0 amide bonds. The van der Waals surface area contributed by atoms with Gasteiger partial charge in [0, 0.05) is 16.8 Å². The van der Waals surface area contributed by atoms with Crippen molar-refractivity contribution >= 4 is 47.0 Å². The molecule has 0 saturated heterocycles. The minimum atomic E-state index is -1.86.